The first-order chi connectivity index (χ1) is 14.5. The van der Waals surface area contributed by atoms with E-state index in [1.807, 2.05) is 34.9 Å². The number of anilines is 1. The van der Waals surface area contributed by atoms with Crippen LogP contribution in [0, 0.1) is 13.8 Å². The molecule has 0 aliphatic heterocycles. The third kappa shape index (κ3) is 3.00. The number of aromatic nitrogens is 3. The Labute approximate surface area is 175 Å². The first-order valence-corrected chi connectivity index (χ1v) is 10.5. The zero-order chi connectivity index (χ0) is 20.8. The number of nitrogens with one attached hydrogen (secondary N) is 1. The van der Waals surface area contributed by atoms with Crippen molar-refractivity contribution in [2.75, 3.05) is 5.73 Å². The lowest BCUT2D eigenvalue weighted by Gasteiger charge is -2.12. The molecule has 1 fully saturated rings. The van der Waals surface area contributed by atoms with Gasteiger partial charge in [0.05, 0.1) is 11.0 Å². The fraction of sp³-hybridized carbons (Fsp3) is 0.292. The number of aryl methyl sites for hydroxylation is 2. The molecular formula is C24H25N5O. The van der Waals surface area contributed by atoms with Gasteiger partial charge >= 0.3 is 0 Å². The van der Waals surface area contributed by atoms with E-state index in [1.165, 1.54) is 5.56 Å². The molecule has 0 saturated heterocycles. The van der Waals surface area contributed by atoms with Crippen molar-refractivity contribution in [3.8, 4) is 5.69 Å². The molecule has 0 atom stereocenters. The Bertz CT molecular complexity index is 1280. The van der Waals surface area contributed by atoms with Gasteiger partial charge in [0, 0.05) is 11.7 Å². The van der Waals surface area contributed by atoms with Crippen molar-refractivity contribution in [3.05, 3.63) is 59.2 Å². The van der Waals surface area contributed by atoms with Crippen LogP contribution in [0.15, 0.2) is 42.5 Å². The van der Waals surface area contributed by atoms with E-state index in [-0.39, 0.29) is 11.9 Å². The highest BCUT2D eigenvalue weighted by molar-refractivity contribution is 6.11. The molecule has 5 rings (SSSR count). The van der Waals surface area contributed by atoms with E-state index in [0.29, 0.717) is 22.5 Å². The first-order valence-electron chi connectivity index (χ1n) is 10.5. The number of carbonyl (C=O) groups is 1. The number of hydrogen-bond acceptors (Lipinski definition) is 4. The van der Waals surface area contributed by atoms with Crippen molar-refractivity contribution >= 4 is 33.9 Å². The number of hydrogen-bond donors (Lipinski definition) is 2. The maximum Gasteiger partial charge on any atom is 0.257 e. The molecule has 1 saturated carbocycles. The second kappa shape index (κ2) is 7.13. The van der Waals surface area contributed by atoms with E-state index in [0.717, 1.165) is 48.0 Å². The van der Waals surface area contributed by atoms with Gasteiger partial charge in [-0.1, -0.05) is 31.0 Å². The maximum absolute atomic E-state index is 13.3. The summed E-state index contributed by atoms with van der Waals surface area (Å²) in [7, 11) is 0. The molecule has 0 bridgehead atoms. The topological polar surface area (TPSA) is 85.8 Å². The molecule has 1 aliphatic carbocycles. The predicted molar refractivity (Wildman–Crippen MR) is 120 cm³/mol. The highest BCUT2D eigenvalue weighted by atomic mass is 16.1. The van der Waals surface area contributed by atoms with Crippen LogP contribution >= 0.6 is 0 Å². The molecule has 2 aromatic carbocycles. The minimum Gasteiger partial charge on any atom is -0.384 e. The van der Waals surface area contributed by atoms with Gasteiger partial charge in [0.1, 0.15) is 16.9 Å². The fourth-order valence-electron chi connectivity index (χ4n) is 4.34. The number of nitrogens with zero attached hydrogens (tertiary/aromatic N) is 3. The van der Waals surface area contributed by atoms with Gasteiger partial charge < -0.3 is 11.1 Å². The van der Waals surface area contributed by atoms with Gasteiger partial charge in [-0.05, 0) is 62.1 Å². The minimum absolute atomic E-state index is 0.170. The third-order valence-corrected chi connectivity index (χ3v) is 6.16. The lowest BCUT2D eigenvalue weighted by molar-refractivity contribution is 0.0940. The van der Waals surface area contributed by atoms with Gasteiger partial charge in [0.15, 0.2) is 5.65 Å². The molecule has 1 aliphatic rings. The van der Waals surface area contributed by atoms with Crippen LogP contribution in [0.3, 0.4) is 0 Å². The van der Waals surface area contributed by atoms with E-state index in [9.17, 15) is 4.79 Å². The normalized spacial score (nSPS) is 14.6. The van der Waals surface area contributed by atoms with Crippen LogP contribution in [0.1, 0.15) is 47.2 Å². The molecule has 6 heteroatoms. The summed E-state index contributed by atoms with van der Waals surface area (Å²) in [6.45, 7) is 4.14. The quantitative estimate of drug-likeness (QED) is 0.533. The van der Waals surface area contributed by atoms with Crippen LogP contribution in [0.5, 0.6) is 0 Å². The largest absolute Gasteiger partial charge is 0.384 e. The van der Waals surface area contributed by atoms with E-state index in [4.69, 9.17) is 15.7 Å². The van der Waals surface area contributed by atoms with Gasteiger partial charge in [-0.2, -0.15) is 0 Å². The number of rotatable bonds is 3. The summed E-state index contributed by atoms with van der Waals surface area (Å²) in [6.07, 6.45) is 4.32. The van der Waals surface area contributed by atoms with Gasteiger partial charge in [0.25, 0.3) is 5.91 Å². The van der Waals surface area contributed by atoms with E-state index < -0.39 is 0 Å². The molecular weight excluding hydrogens is 374 g/mol. The second-order valence-electron chi connectivity index (χ2n) is 8.20. The SMILES string of the molecule is Cc1ccc(-n2c(N)c(C(=O)NC3CCCC3)c3nc4ccccc4nc32)cc1C. The lowest BCUT2D eigenvalue weighted by Crippen LogP contribution is -2.33. The zero-order valence-electron chi connectivity index (χ0n) is 17.3. The van der Waals surface area contributed by atoms with E-state index >= 15 is 0 Å². The summed E-state index contributed by atoms with van der Waals surface area (Å²) in [5, 5.41) is 3.16. The summed E-state index contributed by atoms with van der Waals surface area (Å²) in [4.78, 5) is 22.9. The Balaban J connectivity index is 1.75. The van der Waals surface area contributed by atoms with Gasteiger partial charge in [-0.25, -0.2) is 9.97 Å². The molecule has 1 amide bonds. The van der Waals surface area contributed by atoms with Crippen molar-refractivity contribution in [1.29, 1.82) is 0 Å². The molecule has 0 spiro atoms. The smallest absolute Gasteiger partial charge is 0.257 e. The average molecular weight is 399 g/mol. The number of para-hydroxylation sites is 2. The van der Waals surface area contributed by atoms with Crippen molar-refractivity contribution in [1.82, 2.24) is 19.9 Å². The van der Waals surface area contributed by atoms with Crippen LogP contribution in [-0.2, 0) is 0 Å². The Morgan fingerprint density at radius 3 is 2.43 bits per heavy atom. The zero-order valence-corrected chi connectivity index (χ0v) is 17.3. The number of fused-ring (bicyclic) bond motifs is 2. The molecule has 4 aromatic rings. The highest BCUT2D eigenvalue weighted by Crippen LogP contribution is 2.32. The lowest BCUT2D eigenvalue weighted by atomic mass is 10.1. The number of benzene rings is 2. The fourth-order valence-corrected chi connectivity index (χ4v) is 4.34. The molecule has 3 N–H and O–H groups in total. The Morgan fingerprint density at radius 1 is 1.03 bits per heavy atom. The third-order valence-electron chi connectivity index (χ3n) is 6.16. The summed E-state index contributed by atoms with van der Waals surface area (Å²) < 4.78 is 1.85. The monoisotopic (exact) mass is 399 g/mol. The summed E-state index contributed by atoms with van der Waals surface area (Å²) in [5.74, 6) is 0.204. The van der Waals surface area contributed by atoms with Crippen molar-refractivity contribution < 1.29 is 4.79 Å². The van der Waals surface area contributed by atoms with Crippen molar-refractivity contribution in [3.63, 3.8) is 0 Å². The molecule has 30 heavy (non-hydrogen) atoms. The summed E-state index contributed by atoms with van der Waals surface area (Å²) in [5.41, 5.74) is 12.9. The number of nitrogen functional groups attached to an aromatic ring is 1. The van der Waals surface area contributed by atoms with Crippen LogP contribution in [-0.4, -0.2) is 26.5 Å². The van der Waals surface area contributed by atoms with Crippen molar-refractivity contribution in [2.24, 2.45) is 0 Å². The second-order valence-corrected chi connectivity index (χ2v) is 8.20. The molecule has 0 radical (unpaired) electrons. The molecule has 2 aromatic heterocycles. The van der Waals surface area contributed by atoms with Crippen LogP contribution in [0.2, 0.25) is 0 Å². The first kappa shape index (κ1) is 18.6. The van der Waals surface area contributed by atoms with Crippen LogP contribution < -0.4 is 11.1 Å². The Kier molecular flexibility index (Phi) is 4.42. The van der Waals surface area contributed by atoms with Crippen molar-refractivity contribution in [2.45, 2.75) is 45.6 Å². The van der Waals surface area contributed by atoms with Gasteiger partial charge in [-0.3, -0.25) is 9.36 Å². The van der Waals surface area contributed by atoms with E-state index in [1.54, 1.807) is 0 Å². The average Bonchev–Trinajstić information content (AvgIpc) is 3.33. The van der Waals surface area contributed by atoms with Crippen LogP contribution in [0.4, 0.5) is 5.82 Å². The van der Waals surface area contributed by atoms with E-state index in [2.05, 4.69) is 31.3 Å². The van der Waals surface area contributed by atoms with Gasteiger partial charge in [-0.15, -0.1) is 0 Å². The summed E-state index contributed by atoms with van der Waals surface area (Å²) in [6, 6.07) is 14.0. The predicted octanol–water partition coefficient (Wildman–Crippen LogP) is 4.45. The highest BCUT2D eigenvalue weighted by Gasteiger charge is 2.27. The molecule has 2 heterocycles. The molecule has 6 nitrogen and oxygen atoms in total. The Morgan fingerprint density at radius 2 is 1.73 bits per heavy atom. The van der Waals surface area contributed by atoms with Gasteiger partial charge in [0.2, 0.25) is 0 Å². The minimum atomic E-state index is -0.170. The number of nitrogens with two attached hydrogens (primary N) is 1. The Hall–Kier alpha value is -3.41. The van der Waals surface area contributed by atoms with Crippen LogP contribution in [0.25, 0.3) is 27.9 Å². The molecule has 0 unspecified atom stereocenters. The standard InChI is InChI=1S/C24H25N5O/c1-14-11-12-17(13-15(14)2)29-22(25)20(24(30)26-16-7-3-4-8-16)21-23(29)28-19-10-6-5-9-18(19)27-21/h5-6,9-13,16H,3-4,7-8,25H2,1-2H3,(H,26,30). The molecule has 152 valence electrons. The maximum atomic E-state index is 13.3. The summed E-state index contributed by atoms with van der Waals surface area (Å²) >= 11 is 0. The number of amides is 1. The number of carbonyl (C=O) groups excluding carboxylic acids is 1.